The summed E-state index contributed by atoms with van der Waals surface area (Å²) in [7, 11) is 0. The van der Waals surface area contributed by atoms with E-state index in [1.54, 1.807) is 0 Å². The van der Waals surface area contributed by atoms with Crippen LogP contribution in [0.1, 0.15) is 23.7 Å². The van der Waals surface area contributed by atoms with Crippen molar-refractivity contribution < 1.29 is 39.9 Å². The number of benzene rings is 1. The Hall–Kier alpha value is -2.13. The maximum atomic E-state index is 14.2. The van der Waals surface area contributed by atoms with E-state index in [-0.39, 0.29) is 12.2 Å². The summed E-state index contributed by atoms with van der Waals surface area (Å²) in [6.07, 6.45) is -10.7. The highest BCUT2D eigenvalue weighted by molar-refractivity contribution is 9.10. The van der Waals surface area contributed by atoms with Gasteiger partial charge < -0.3 is 9.30 Å². The van der Waals surface area contributed by atoms with Gasteiger partial charge in [-0.3, -0.25) is 0 Å². The maximum Gasteiger partial charge on any atom is 0.459 e. The SMILES string of the molecule is CCOCn1c(-c2ccc(C(F)(F)F)cc2)c(C#N)c(Br)c1C(F)(F)C(F)(F)F. The van der Waals surface area contributed by atoms with E-state index in [1.165, 1.54) is 13.0 Å². The topological polar surface area (TPSA) is 38.0 Å². The summed E-state index contributed by atoms with van der Waals surface area (Å²) in [5.74, 6) is -5.36. The van der Waals surface area contributed by atoms with E-state index in [1.807, 2.05) is 0 Å². The van der Waals surface area contributed by atoms with E-state index in [9.17, 15) is 40.4 Å². The lowest BCUT2D eigenvalue weighted by Gasteiger charge is -2.23. The fourth-order valence-electron chi connectivity index (χ4n) is 2.56. The summed E-state index contributed by atoms with van der Waals surface area (Å²) >= 11 is 2.62. The zero-order valence-electron chi connectivity index (χ0n) is 14.4. The van der Waals surface area contributed by atoms with Crippen molar-refractivity contribution in [2.45, 2.75) is 31.9 Å². The molecule has 0 N–H and O–H groups in total. The Labute approximate surface area is 167 Å². The lowest BCUT2D eigenvalue weighted by Crippen LogP contribution is -2.36. The maximum absolute atomic E-state index is 14.2. The van der Waals surface area contributed by atoms with Gasteiger partial charge in [0.05, 0.1) is 21.3 Å². The molecule has 0 radical (unpaired) electrons. The van der Waals surface area contributed by atoms with Crippen molar-refractivity contribution in [1.29, 1.82) is 5.26 Å². The Morgan fingerprint density at radius 3 is 2.00 bits per heavy atom. The van der Waals surface area contributed by atoms with Crippen molar-refractivity contribution in [1.82, 2.24) is 4.57 Å². The first-order valence-corrected chi connectivity index (χ1v) is 8.59. The monoisotopic (exact) mass is 490 g/mol. The van der Waals surface area contributed by atoms with Crippen molar-refractivity contribution in [2.75, 3.05) is 6.61 Å². The number of hydrogen-bond acceptors (Lipinski definition) is 2. The van der Waals surface area contributed by atoms with Crippen LogP contribution in [0.15, 0.2) is 28.7 Å². The summed E-state index contributed by atoms with van der Waals surface area (Å²) in [6, 6.07) is 4.54. The molecule has 2 rings (SSSR count). The van der Waals surface area contributed by atoms with Gasteiger partial charge in [-0.1, -0.05) is 12.1 Å². The summed E-state index contributed by atoms with van der Waals surface area (Å²) in [5, 5.41) is 9.34. The van der Waals surface area contributed by atoms with Crippen molar-refractivity contribution in [3.8, 4) is 17.3 Å². The van der Waals surface area contributed by atoms with E-state index in [0.29, 0.717) is 16.7 Å². The first-order valence-electron chi connectivity index (χ1n) is 7.79. The molecule has 29 heavy (non-hydrogen) atoms. The second-order valence-electron chi connectivity index (χ2n) is 5.70. The first kappa shape index (κ1) is 23.2. The quantitative estimate of drug-likeness (QED) is 0.451. The van der Waals surface area contributed by atoms with Crippen LogP contribution in [0.2, 0.25) is 0 Å². The fourth-order valence-corrected chi connectivity index (χ4v) is 3.30. The molecule has 1 aromatic heterocycles. The fraction of sp³-hybridized carbons (Fsp3) is 0.353. The molecule has 1 aromatic carbocycles. The Bertz CT molecular complexity index is 923. The number of alkyl halides is 8. The van der Waals surface area contributed by atoms with Gasteiger partial charge in [-0.2, -0.15) is 40.4 Å². The lowest BCUT2D eigenvalue weighted by atomic mass is 10.1. The summed E-state index contributed by atoms with van der Waals surface area (Å²) in [6.45, 7) is 0.623. The van der Waals surface area contributed by atoms with Gasteiger partial charge >= 0.3 is 18.3 Å². The second kappa shape index (κ2) is 7.95. The molecule has 0 amide bonds. The zero-order valence-corrected chi connectivity index (χ0v) is 16.0. The standard InChI is InChI=1S/C17H11BrF8N2O/c1-2-29-8-28-13(9-3-5-10(6-4-9)16(21,22)23)11(7-27)12(18)14(28)15(19,20)17(24,25)26/h3-6H,2,8H2,1H3. The predicted molar refractivity (Wildman–Crippen MR) is 88.9 cm³/mol. The van der Waals surface area contributed by atoms with Crippen molar-refractivity contribution in [3.63, 3.8) is 0 Å². The van der Waals surface area contributed by atoms with Gasteiger partial charge in [-0.15, -0.1) is 0 Å². The Balaban J connectivity index is 2.81. The molecule has 12 heteroatoms. The number of hydrogen-bond donors (Lipinski definition) is 0. The molecule has 0 spiro atoms. The van der Waals surface area contributed by atoms with Crippen LogP contribution in [0, 0.1) is 11.3 Å². The molecule has 0 aliphatic heterocycles. The van der Waals surface area contributed by atoms with Crippen LogP contribution in [0.3, 0.4) is 0 Å². The van der Waals surface area contributed by atoms with Crippen LogP contribution < -0.4 is 0 Å². The largest absolute Gasteiger partial charge is 0.459 e. The minimum Gasteiger partial charge on any atom is -0.361 e. The molecule has 0 unspecified atom stereocenters. The van der Waals surface area contributed by atoms with Crippen LogP contribution in [0.25, 0.3) is 11.3 Å². The molecular weight excluding hydrogens is 480 g/mol. The smallest absolute Gasteiger partial charge is 0.361 e. The highest BCUT2D eigenvalue weighted by atomic mass is 79.9. The molecule has 0 aliphatic rings. The van der Waals surface area contributed by atoms with Crippen LogP contribution in [-0.2, 0) is 23.6 Å². The van der Waals surface area contributed by atoms with Gasteiger partial charge in [-0.25, -0.2) is 0 Å². The zero-order chi connectivity index (χ0) is 22.2. The van der Waals surface area contributed by atoms with E-state index in [0.717, 1.165) is 12.1 Å². The third-order valence-electron chi connectivity index (χ3n) is 3.88. The summed E-state index contributed by atoms with van der Waals surface area (Å²) in [4.78, 5) is 0. The molecule has 0 saturated carbocycles. The third-order valence-corrected chi connectivity index (χ3v) is 4.65. The van der Waals surface area contributed by atoms with Gasteiger partial charge in [0.2, 0.25) is 0 Å². The van der Waals surface area contributed by atoms with Crippen molar-refractivity contribution >= 4 is 15.9 Å². The van der Waals surface area contributed by atoms with Crippen molar-refractivity contribution in [2.24, 2.45) is 0 Å². The predicted octanol–water partition coefficient (Wildman–Crippen LogP) is 6.46. The van der Waals surface area contributed by atoms with Crippen LogP contribution >= 0.6 is 15.9 Å². The minimum atomic E-state index is -5.98. The van der Waals surface area contributed by atoms with E-state index < -0.39 is 52.0 Å². The number of nitriles is 1. The van der Waals surface area contributed by atoms with Crippen molar-refractivity contribution in [3.05, 3.63) is 45.6 Å². The number of halogens is 9. The average Bonchev–Trinajstić information content (AvgIpc) is 2.90. The van der Waals surface area contributed by atoms with Crippen LogP contribution in [0.5, 0.6) is 0 Å². The van der Waals surface area contributed by atoms with E-state index in [4.69, 9.17) is 4.74 Å². The molecule has 0 aliphatic carbocycles. The first-order chi connectivity index (χ1) is 13.3. The molecule has 2 aromatic rings. The van der Waals surface area contributed by atoms with Gasteiger partial charge in [0.15, 0.2) is 0 Å². The van der Waals surface area contributed by atoms with Gasteiger partial charge in [-0.05, 0) is 40.5 Å². The van der Waals surface area contributed by atoms with Crippen LogP contribution in [-0.4, -0.2) is 17.4 Å². The normalized spacial score (nSPS) is 12.9. The lowest BCUT2D eigenvalue weighted by molar-refractivity contribution is -0.292. The Morgan fingerprint density at radius 1 is 1.03 bits per heavy atom. The number of aromatic nitrogens is 1. The molecule has 3 nitrogen and oxygen atoms in total. The molecule has 158 valence electrons. The number of rotatable bonds is 5. The molecule has 0 saturated heterocycles. The number of nitrogens with zero attached hydrogens (tertiary/aromatic N) is 2. The molecule has 1 heterocycles. The third kappa shape index (κ3) is 4.25. The Kier molecular flexibility index (Phi) is 6.34. The summed E-state index contributed by atoms with van der Waals surface area (Å²) in [5.41, 5.74) is -3.82. The minimum absolute atomic E-state index is 0.0544. The highest BCUT2D eigenvalue weighted by Crippen LogP contribution is 2.50. The molecule has 0 atom stereocenters. The van der Waals surface area contributed by atoms with Crippen LogP contribution in [0.4, 0.5) is 35.1 Å². The highest BCUT2D eigenvalue weighted by Gasteiger charge is 2.62. The average molecular weight is 491 g/mol. The van der Waals surface area contributed by atoms with E-state index >= 15 is 0 Å². The summed E-state index contributed by atoms with van der Waals surface area (Å²) < 4.78 is 110. The van der Waals surface area contributed by atoms with Gasteiger partial charge in [0.25, 0.3) is 0 Å². The second-order valence-corrected chi connectivity index (χ2v) is 6.49. The Morgan fingerprint density at radius 2 is 1.59 bits per heavy atom. The molecule has 0 fully saturated rings. The van der Waals surface area contributed by atoms with E-state index in [2.05, 4.69) is 15.9 Å². The molecular formula is C17H11BrF8N2O. The molecule has 0 bridgehead atoms. The van der Waals surface area contributed by atoms with Gasteiger partial charge in [0.1, 0.15) is 18.5 Å². The van der Waals surface area contributed by atoms with Gasteiger partial charge in [0, 0.05) is 6.61 Å². The number of ether oxygens (including phenoxy) is 1.